The fraction of sp³-hybridized carbons (Fsp3) is 0.583. The van der Waals surface area contributed by atoms with Crippen LogP contribution < -0.4 is 9.62 Å². The zero-order valence-electron chi connectivity index (χ0n) is 21.5. The topological polar surface area (TPSA) is 131 Å². The summed E-state index contributed by atoms with van der Waals surface area (Å²) in [5.74, 6) is 0.0686. The molecule has 0 aromatic carbocycles. The molecule has 0 radical (unpaired) electrons. The molecule has 16 heteroatoms. The van der Waals surface area contributed by atoms with Crippen LogP contribution in [-0.4, -0.2) is 95.4 Å². The van der Waals surface area contributed by atoms with Crippen molar-refractivity contribution >= 4 is 38.5 Å². The first-order chi connectivity index (χ1) is 19.0. The maximum absolute atomic E-state index is 13.4. The van der Waals surface area contributed by atoms with Crippen molar-refractivity contribution in [2.45, 2.75) is 54.8 Å². The first-order valence-corrected chi connectivity index (χ1v) is 15.3. The van der Waals surface area contributed by atoms with Crippen molar-refractivity contribution in [3.8, 4) is 10.8 Å². The van der Waals surface area contributed by atoms with Gasteiger partial charge in [0.15, 0.2) is 21.9 Å². The van der Waals surface area contributed by atoms with Gasteiger partial charge in [-0.1, -0.05) is 11.3 Å². The molecule has 4 aliphatic rings. The number of nitrogens with one attached hydrogen (secondary N) is 1. The van der Waals surface area contributed by atoms with Crippen molar-refractivity contribution in [3.63, 3.8) is 0 Å². The lowest BCUT2D eigenvalue weighted by Gasteiger charge is -2.55. The molecule has 3 saturated heterocycles. The smallest absolute Gasteiger partial charge is 0.291 e. The average molecular weight is 596 g/mol. The Morgan fingerprint density at radius 2 is 2.00 bits per heavy atom. The van der Waals surface area contributed by atoms with Crippen LogP contribution in [0.25, 0.3) is 16.3 Å². The summed E-state index contributed by atoms with van der Waals surface area (Å²) in [6.45, 7) is 4.53. The van der Waals surface area contributed by atoms with Gasteiger partial charge in [0, 0.05) is 24.7 Å². The number of pyridine rings is 1. The molecular formula is C24H27F2N7O5S2. The highest BCUT2D eigenvalue weighted by atomic mass is 32.2. The number of rotatable bonds is 7. The molecule has 12 nitrogen and oxygen atoms in total. The van der Waals surface area contributed by atoms with E-state index in [4.69, 9.17) is 9.47 Å². The molecule has 1 saturated carbocycles. The number of nitrogens with zero attached hydrogens (tertiary/aromatic N) is 6. The molecule has 40 heavy (non-hydrogen) atoms. The lowest BCUT2D eigenvalue weighted by molar-refractivity contribution is -0.225. The average Bonchev–Trinajstić information content (AvgIpc) is 3.25. The Bertz CT molecular complexity index is 1590. The minimum Gasteiger partial charge on any atom is -0.371 e. The van der Waals surface area contributed by atoms with E-state index in [1.165, 1.54) is 10.6 Å². The van der Waals surface area contributed by atoms with E-state index >= 15 is 0 Å². The second kappa shape index (κ2) is 9.11. The third-order valence-electron chi connectivity index (χ3n) is 8.02. The summed E-state index contributed by atoms with van der Waals surface area (Å²) in [4.78, 5) is 21.2. The number of amides is 1. The second-order valence-corrected chi connectivity index (χ2v) is 13.8. The number of imidazole rings is 1. The van der Waals surface area contributed by atoms with E-state index in [1.54, 1.807) is 17.2 Å². The standard InChI is InChI=1S/C24H27F2N7O5S2/c1-23(2-3-23)30-40(35,36)14-8-15(16-9-27-19(33(16)10-14)21-29-28-20(39-21)18(25)26)31-5-7-37-17(11-31)22(34)32-12-24(13-32)4-6-38-24/h8-10,17-18,30H,2-7,11-13H2,1H3/t17-/m1/s1. The summed E-state index contributed by atoms with van der Waals surface area (Å²) in [7, 11) is -3.94. The molecule has 0 unspecified atom stereocenters. The van der Waals surface area contributed by atoms with Gasteiger partial charge >= 0.3 is 0 Å². The Hall–Kier alpha value is -2.79. The molecule has 1 N–H and O–H groups in total. The molecule has 4 fully saturated rings. The van der Waals surface area contributed by atoms with Crippen LogP contribution in [0, 0.1) is 0 Å². The summed E-state index contributed by atoms with van der Waals surface area (Å²) in [6, 6.07) is 1.56. The Kier molecular flexibility index (Phi) is 5.95. The van der Waals surface area contributed by atoms with Gasteiger partial charge < -0.3 is 19.3 Å². The van der Waals surface area contributed by atoms with Crippen LogP contribution in [0.3, 0.4) is 0 Å². The van der Waals surface area contributed by atoms with Crippen LogP contribution in [0.1, 0.15) is 37.6 Å². The maximum Gasteiger partial charge on any atom is 0.291 e. The molecule has 3 aliphatic heterocycles. The lowest BCUT2D eigenvalue weighted by Crippen LogP contribution is -2.71. The number of morpholine rings is 1. The van der Waals surface area contributed by atoms with Crippen molar-refractivity contribution in [1.82, 2.24) is 29.2 Å². The third-order valence-corrected chi connectivity index (χ3v) is 10.6. The maximum atomic E-state index is 13.4. The van der Waals surface area contributed by atoms with Gasteiger partial charge in [0.2, 0.25) is 10.0 Å². The van der Waals surface area contributed by atoms with Gasteiger partial charge in [-0.25, -0.2) is 26.9 Å². The number of ether oxygens (including phenoxy) is 2. The largest absolute Gasteiger partial charge is 0.371 e. The molecule has 1 aliphatic carbocycles. The van der Waals surface area contributed by atoms with Crippen LogP contribution >= 0.6 is 11.3 Å². The normalized spacial score (nSPS) is 23.4. The van der Waals surface area contributed by atoms with E-state index in [0.717, 1.165) is 19.3 Å². The molecular weight excluding hydrogens is 568 g/mol. The number of halogens is 2. The molecule has 1 atom stereocenters. The molecule has 214 valence electrons. The van der Waals surface area contributed by atoms with Crippen molar-refractivity contribution in [2.75, 3.05) is 44.3 Å². The zero-order valence-corrected chi connectivity index (χ0v) is 23.2. The number of alkyl halides is 2. The number of likely N-dealkylation sites (tertiary alicyclic amines) is 1. The van der Waals surface area contributed by atoms with Gasteiger partial charge in [0.25, 0.3) is 12.3 Å². The fourth-order valence-corrected chi connectivity index (χ4v) is 7.54. The molecule has 1 amide bonds. The first-order valence-electron chi connectivity index (χ1n) is 13.0. The van der Waals surface area contributed by atoms with Crippen molar-refractivity contribution in [1.29, 1.82) is 0 Å². The predicted octanol–water partition coefficient (Wildman–Crippen LogP) is 1.83. The minimum absolute atomic E-state index is 0.0119. The highest BCUT2D eigenvalue weighted by molar-refractivity contribution is 7.89. The van der Waals surface area contributed by atoms with Crippen molar-refractivity contribution in [3.05, 3.63) is 23.5 Å². The van der Waals surface area contributed by atoms with Crippen LogP contribution in [-0.2, 0) is 24.3 Å². The number of anilines is 1. The van der Waals surface area contributed by atoms with Gasteiger partial charge in [-0.3, -0.25) is 9.20 Å². The number of carbonyl (C=O) groups is 1. The Balaban J connectivity index is 1.25. The number of aromatic nitrogens is 4. The number of hydrogen-bond donors (Lipinski definition) is 1. The first kappa shape index (κ1) is 26.1. The number of hydrogen-bond acceptors (Lipinski definition) is 10. The molecule has 7 rings (SSSR count). The zero-order chi connectivity index (χ0) is 27.9. The molecule has 3 aromatic heterocycles. The number of carbonyl (C=O) groups excluding carboxylic acids is 1. The van der Waals surface area contributed by atoms with E-state index < -0.39 is 33.1 Å². The summed E-state index contributed by atoms with van der Waals surface area (Å²) < 4.78 is 69.1. The van der Waals surface area contributed by atoms with E-state index in [-0.39, 0.29) is 40.4 Å². The fourth-order valence-electron chi connectivity index (χ4n) is 5.37. The SMILES string of the molecule is CC1(NS(=O)(=O)c2cc(N3CCO[C@@H](C(=O)N4CC5(CCO5)C4)C3)c3cnc(-c4nnc(C(F)F)s4)n3c2)CC1. The monoisotopic (exact) mass is 595 g/mol. The van der Waals surface area contributed by atoms with Crippen molar-refractivity contribution in [2.24, 2.45) is 0 Å². The summed E-state index contributed by atoms with van der Waals surface area (Å²) in [5.41, 5.74) is 0.364. The minimum atomic E-state index is -3.94. The second-order valence-electron chi connectivity index (χ2n) is 11.1. The Morgan fingerprint density at radius 1 is 1.23 bits per heavy atom. The van der Waals surface area contributed by atoms with Gasteiger partial charge in [-0.2, -0.15) is 0 Å². The van der Waals surface area contributed by atoms with E-state index in [2.05, 4.69) is 19.9 Å². The van der Waals surface area contributed by atoms with Crippen LogP contribution in [0.2, 0.25) is 0 Å². The lowest BCUT2D eigenvalue weighted by atomic mass is 9.86. The highest BCUT2D eigenvalue weighted by Crippen LogP contribution is 2.39. The van der Waals surface area contributed by atoms with Crippen LogP contribution in [0.15, 0.2) is 23.4 Å². The van der Waals surface area contributed by atoms with Gasteiger partial charge in [0.05, 0.1) is 50.2 Å². The van der Waals surface area contributed by atoms with Crippen LogP contribution in [0.5, 0.6) is 0 Å². The summed E-state index contributed by atoms with van der Waals surface area (Å²) in [6.07, 6.45) is 1.85. The van der Waals surface area contributed by atoms with E-state index in [9.17, 15) is 22.0 Å². The number of sulfonamides is 1. The van der Waals surface area contributed by atoms with Gasteiger partial charge in [-0.05, 0) is 25.8 Å². The molecule has 0 bridgehead atoms. The molecule has 1 spiro atoms. The quantitative estimate of drug-likeness (QED) is 0.435. The van der Waals surface area contributed by atoms with Crippen LogP contribution in [0.4, 0.5) is 14.5 Å². The van der Waals surface area contributed by atoms with Gasteiger partial charge in [0.1, 0.15) is 10.5 Å². The highest BCUT2D eigenvalue weighted by Gasteiger charge is 2.52. The predicted molar refractivity (Wildman–Crippen MR) is 139 cm³/mol. The van der Waals surface area contributed by atoms with Crippen molar-refractivity contribution < 1.29 is 31.5 Å². The molecule has 3 aromatic rings. The van der Waals surface area contributed by atoms with E-state index in [1.807, 2.05) is 11.8 Å². The summed E-state index contributed by atoms with van der Waals surface area (Å²) in [5, 5.41) is 7.12. The van der Waals surface area contributed by atoms with E-state index in [0.29, 0.717) is 48.8 Å². The Labute approximate surface area is 232 Å². The third kappa shape index (κ3) is 4.45. The Morgan fingerprint density at radius 3 is 2.65 bits per heavy atom. The van der Waals surface area contributed by atoms with Gasteiger partial charge in [-0.15, -0.1) is 10.2 Å². The summed E-state index contributed by atoms with van der Waals surface area (Å²) >= 11 is 0.697. The molecule has 6 heterocycles. The number of fused-ring (bicyclic) bond motifs is 1.